The number of halogens is 3. The molecule has 30 heavy (non-hydrogen) atoms. The molecule has 2 bridgehead atoms. The number of anilines is 1. The highest BCUT2D eigenvalue weighted by Crippen LogP contribution is 2.42. The molecule has 1 unspecified atom stereocenters. The lowest BCUT2D eigenvalue weighted by atomic mass is 9.97. The van der Waals surface area contributed by atoms with Crippen LogP contribution in [0.2, 0.25) is 0 Å². The maximum Gasteiger partial charge on any atom is 0.416 e. The van der Waals surface area contributed by atoms with Gasteiger partial charge in [-0.25, -0.2) is 4.98 Å². The van der Waals surface area contributed by atoms with Gasteiger partial charge < -0.3 is 21.1 Å². The van der Waals surface area contributed by atoms with Crippen LogP contribution < -0.4 is 11.5 Å². The van der Waals surface area contributed by atoms with Gasteiger partial charge in [0.15, 0.2) is 0 Å². The number of nitrogens with zero attached hydrogens (tertiary/aromatic N) is 3. The number of alkyl halides is 3. The molecule has 1 aromatic heterocycles. The Morgan fingerprint density at radius 2 is 1.83 bits per heavy atom. The number of phenolic OH excluding ortho intramolecular Hbond substituents is 1. The number of aromatic nitrogens is 2. The summed E-state index contributed by atoms with van der Waals surface area (Å²) >= 11 is 0. The molecule has 6 nitrogen and oxygen atoms in total. The highest BCUT2D eigenvalue weighted by Gasteiger charge is 2.41. The van der Waals surface area contributed by atoms with E-state index in [4.69, 9.17) is 11.5 Å². The van der Waals surface area contributed by atoms with Crippen molar-refractivity contribution in [2.45, 2.75) is 56.9 Å². The van der Waals surface area contributed by atoms with Crippen LogP contribution in [0.4, 0.5) is 19.0 Å². The van der Waals surface area contributed by atoms with Crippen LogP contribution in [0.15, 0.2) is 24.5 Å². The van der Waals surface area contributed by atoms with Gasteiger partial charge in [-0.15, -0.1) is 0 Å². The van der Waals surface area contributed by atoms with E-state index in [2.05, 4.69) is 16.9 Å². The normalized spacial score (nSPS) is 25.4. The van der Waals surface area contributed by atoms with E-state index in [1.165, 1.54) is 12.5 Å². The highest BCUT2D eigenvalue weighted by molar-refractivity contribution is 5.91. The van der Waals surface area contributed by atoms with Gasteiger partial charge in [-0.2, -0.15) is 13.2 Å². The number of hydrogen-bond acceptors (Lipinski definition) is 5. The highest BCUT2D eigenvalue weighted by atomic mass is 19.4. The Kier molecular flexibility index (Phi) is 4.96. The van der Waals surface area contributed by atoms with Gasteiger partial charge in [0.1, 0.15) is 17.3 Å². The number of nitrogen functional groups attached to an aromatic ring is 1. The molecule has 0 radical (unpaired) electrons. The fraction of sp³-hybridized carbons (Fsp3) is 0.476. The molecule has 5 N–H and O–H groups in total. The fourth-order valence-corrected chi connectivity index (χ4v) is 4.92. The zero-order valence-electron chi connectivity index (χ0n) is 16.9. The van der Waals surface area contributed by atoms with Crippen molar-refractivity contribution >= 4 is 17.1 Å². The zero-order chi connectivity index (χ0) is 21.8. The Morgan fingerprint density at radius 1 is 1.17 bits per heavy atom. The molecule has 2 aromatic rings. The zero-order valence-corrected chi connectivity index (χ0v) is 16.9. The van der Waals surface area contributed by atoms with Gasteiger partial charge in [0.25, 0.3) is 0 Å². The van der Waals surface area contributed by atoms with Gasteiger partial charge in [-0.1, -0.05) is 0 Å². The average molecular weight is 421 g/mol. The third-order valence-corrected chi connectivity index (χ3v) is 6.70. The van der Waals surface area contributed by atoms with Gasteiger partial charge in [0.2, 0.25) is 0 Å². The number of aromatic hydroxyl groups is 1. The second-order valence-corrected chi connectivity index (χ2v) is 8.26. The van der Waals surface area contributed by atoms with E-state index in [1.54, 1.807) is 13.3 Å². The summed E-state index contributed by atoms with van der Waals surface area (Å²) in [6, 6.07) is 4.00. The van der Waals surface area contributed by atoms with E-state index in [0.29, 0.717) is 35.2 Å². The van der Waals surface area contributed by atoms with Gasteiger partial charge in [-0.3, -0.25) is 4.90 Å². The van der Waals surface area contributed by atoms with Crippen molar-refractivity contribution in [3.05, 3.63) is 41.3 Å². The predicted molar refractivity (Wildman–Crippen MR) is 109 cm³/mol. The molecule has 3 atom stereocenters. The van der Waals surface area contributed by atoms with Gasteiger partial charge in [-0.05, 0) is 57.9 Å². The lowest BCUT2D eigenvalue weighted by molar-refractivity contribution is -0.137. The second-order valence-electron chi connectivity index (χ2n) is 8.26. The van der Waals surface area contributed by atoms with Gasteiger partial charge >= 0.3 is 6.18 Å². The number of phenols is 1. The molecule has 2 aliphatic rings. The van der Waals surface area contributed by atoms with Gasteiger partial charge in [0, 0.05) is 28.9 Å². The third-order valence-electron chi connectivity index (χ3n) is 6.70. The minimum atomic E-state index is -4.54. The molecular weight excluding hydrogens is 395 g/mol. The first-order valence-electron chi connectivity index (χ1n) is 10.0. The summed E-state index contributed by atoms with van der Waals surface area (Å²) in [6.07, 6.45) is 1.62. The number of hydrogen-bond donors (Lipinski definition) is 3. The third kappa shape index (κ3) is 3.30. The van der Waals surface area contributed by atoms with Crippen molar-refractivity contribution in [2.75, 3.05) is 12.8 Å². The molecule has 2 aliphatic heterocycles. The summed E-state index contributed by atoms with van der Waals surface area (Å²) in [5, 5.41) is 10.1. The van der Waals surface area contributed by atoms with Crippen molar-refractivity contribution in [1.29, 1.82) is 0 Å². The number of nitrogens with two attached hydrogens (primary N) is 2. The maximum atomic E-state index is 12.9. The van der Waals surface area contributed by atoms with Crippen LogP contribution in [-0.2, 0) is 6.18 Å². The topological polar surface area (TPSA) is 93.3 Å². The average Bonchev–Trinajstić information content (AvgIpc) is 3.15. The largest absolute Gasteiger partial charge is 0.507 e. The van der Waals surface area contributed by atoms with E-state index in [1.807, 2.05) is 4.57 Å². The molecular formula is C21H26F3N5O. The lowest BCUT2D eigenvalue weighted by Crippen LogP contribution is -2.42. The number of imidazole rings is 1. The van der Waals surface area contributed by atoms with Gasteiger partial charge in [0.05, 0.1) is 17.9 Å². The molecule has 162 valence electrons. The Morgan fingerprint density at radius 3 is 2.47 bits per heavy atom. The molecule has 3 heterocycles. The van der Waals surface area contributed by atoms with E-state index in [-0.39, 0.29) is 17.3 Å². The van der Waals surface area contributed by atoms with Crippen LogP contribution in [0.5, 0.6) is 5.75 Å². The van der Waals surface area contributed by atoms with Crippen LogP contribution in [0.25, 0.3) is 11.3 Å². The Balaban J connectivity index is 1.67. The summed E-state index contributed by atoms with van der Waals surface area (Å²) in [4.78, 5) is 6.87. The molecule has 9 heteroatoms. The van der Waals surface area contributed by atoms with Crippen LogP contribution in [-0.4, -0.2) is 38.7 Å². The van der Waals surface area contributed by atoms with Crippen molar-refractivity contribution in [3.63, 3.8) is 0 Å². The number of piperidine rings is 1. The summed E-state index contributed by atoms with van der Waals surface area (Å²) in [6.45, 7) is 1.70. The first-order chi connectivity index (χ1) is 14.1. The SMILES string of the molecule is C/C(=C(/N)c1ccc(C(F)(F)F)cc1O)c1ncn([C@@H]2CC[C@@H]3CCC2N3C)c1N. The standard InChI is InChI=1S/C21H26F3N5O/c1-11(18(25)14-6-3-12(9-17(14)30)21(22,23)24)19-20(26)29(10-27-19)16-8-5-13-4-7-15(16)28(13)2/h3,6,9-10,13,15-16,30H,4-5,7-8,25-26H2,1-2H3/b18-11-/t13-,15?,16+/m0/s1. The predicted octanol–water partition coefficient (Wildman–Crippen LogP) is 3.83. The quantitative estimate of drug-likeness (QED) is 0.700. The van der Waals surface area contributed by atoms with E-state index in [9.17, 15) is 18.3 Å². The molecule has 1 aromatic carbocycles. The molecule has 4 rings (SSSR count). The summed E-state index contributed by atoms with van der Waals surface area (Å²) in [5.74, 6) is -0.0591. The monoisotopic (exact) mass is 421 g/mol. The number of rotatable bonds is 3. The lowest BCUT2D eigenvalue weighted by Gasteiger charge is -2.38. The fourth-order valence-electron chi connectivity index (χ4n) is 4.92. The molecule has 0 aliphatic carbocycles. The second kappa shape index (κ2) is 7.23. The number of benzene rings is 1. The Labute approximate surface area is 173 Å². The number of allylic oxidation sites excluding steroid dienone is 1. The summed E-state index contributed by atoms with van der Waals surface area (Å²) in [7, 11) is 2.15. The Bertz CT molecular complexity index is 997. The number of fused-ring (bicyclic) bond motifs is 2. The van der Waals surface area contributed by atoms with Crippen molar-refractivity contribution < 1.29 is 18.3 Å². The van der Waals surface area contributed by atoms with Crippen molar-refractivity contribution in [2.24, 2.45) is 5.73 Å². The van der Waals surface area contributed by atoms with E-state index < -0.39 is 17.5 Å². The maximum absolute atomic E-state index is 12.9. The van der Waals surface area contributed by atoms with Crippen LogP contribution >= 0.6 is 0 Å². The van der Waals surface area contributed by atoms with Crippen LogP contribution in [0.1, 0.15) is 55.5 Å². The smallest absolute Gasteiger partial charge is 0.416 e. The minimum Gasteiger partial charge on any atom is -0.507 e. The molecule has 2 fully saturated rings. The summed E-state index contributed by atoms with van der Waals surface area (Å²) < 4.78 is 40.6. The molecule has 0 saturated carbocycles. The minimum absolute atomic E-state index is 0.116. The molecule has 2 saturated heterocycles. The van der Waals surface area contributed by atoms with E-state index in [0.717, 1.165) is 25.3 Å². The molecule has 0 spiro atoms. The van der Waals surface area contributed by atoms with Crippen molar-refractivity contribution in [1.82, 2.24) is 14.5 Å². The summed E-state index contributed by atoms with van der Waals surface area (Å²) in [5.41, 5.74) is 12.9. The molecule has 0 amide bonds. The first kappa shape index (κ1) is 20.6. The Hall–Kier alpha value is -2.68. The van der Waals surface area contributed by atoms with E-state index >= 15 is 0 Å². The van der Waals surface area contributed by atoms with Crippen LogP contribution in [0, 0.1) is 0 Å². The number of likely N-dealkylation sites (N-methyl/N-ethyl adjacent to an activating group) is 1. The van der Waals surface area contributed by atoms with Crippen LogP contribution in [0.3, 0.4) is 0 Å². The van der Waals surface area contributed by atoms with Crippen molar-refractivity contribution in [3.8, 4) is 5.75 Å². The first-order valence-corrected chi connectivity index (χ1v) is 10.0.